The van der Waals surface area contributed by atoms with Gasteiger partial charge in [0.25, 0.3) is 0 Å². The van der Waals surface area contributed by atoms with Crippen LogP contribution in [0.25, 0.3) is 0 Å². The second kappa shape index (κ2) is 10.2. The molecule has 1 aromatic heterocycles. The van der Waals surface area contributed by atoms with Crippen molar-refractivity contribution in [2.75, 3.05) is 5.75 Å². The van der Waals surface area contributed by atoms with Crippen LogP contribution < -0.4 is 10.1 Å². The van der Waals surface area contributed by atoms with E-state index in [0.29, 0.717) is 23.4 Å². The minimum Gasteiger partial charge on any atom is -0.486 e. The molecular formula is C20H27ClN4O2S. The number of halogens is 1. The first-order valence-corrected chi connectivity index (χ1v) is 11.2. The monoisotopic (exact) mass is 422 g/mol. The Bertz CT molecular complexity index is 805. The number of thioether (sulfide) groups is 1. The zero-order valence-corrected chi connectivity index (χ0v) is 18.0. The van der Waals surface area contributed by atoms with E-state index in [1.165, 1.54) is 31.0 Å². The van der Waals surface area contributed by atoms with E-state index in [9.17, 15) is 4.79 Å². The van der Waals surface area contributed by atoms with Crippen LogP contribution in [0.5, 0.6) is 5.75 Å². The van der Waals surface area contributed by atoms with Gasteiger partial charge < -0.3 is 14.6 Å². The number of hydrogen-bond acceptors (Lipinski definition) is 5. The summed E-state index contributed by atoms with van der Waals surface area (Å²) in [6.07, 6.45) is 5.87. The zero-order chi connectivity index (χ0) is 19.9. The Balaban J connectivity index is 1.53. The molecule has 1 saturated carbocycles. The summed E-state index contributed by atoms with van der Waals surface area (Å²) in [7, 11) is 0. The van der Waals surface area contributed by atoms with E-state index in [0.717, 1.165) is 41.7 Å². The van der Waals surface area contributed by atoms with Gasteiger partial charge in [-0.1, -0.05) is 42.6 Å². The third-order valence-corrected chi connectivity index (χ3v) is 6.30. The van der Waals surface area contributed by atoms with E-state index >= 15 is 0 Å². The lowest BCUT2D eigenvalue weighted by Gasteiger charge is -2.22. The van der Waals surface area contributed by atoms with E-state index in [1.807, 2.05) is 36.6 Å². The fourth-order valence-electron chi connectivity index (χ4n) is 3.35. The Labute approximate surface area is 175 Å². The Hall–Kier alpha value is -1.73. The largest absolute Gasteiger partial charge is 0.486 e. The molecule has 0 aliphatic heterocycles. The van der Waals surface area contributed by atoms with Crippen molar-refractivity contribution in [2.24, 2.45) is 0 Å². The zero-order valence-electron chi connectivity index (χ0n) is 16.4. The highest BCUT2D eigenvalue weighted by atomic mass is 35.5. The summed E-state index contributed by atoms with van der Waals surface area (Å²) in [6, 6.07) is 5.90. The number of rotatable bonds is 8. The molecule has 1 aliphatic carbocycles. The first-order valence-electron chi connectivity index (χ1n) is 9.80. The fraction of sp³-hybridized carbons (Fsp3) is 0.550. The van der Waals surface area contributed by atoms with Crippen LogP contribution in [-0.2, 0) is 17.9 Å². The molecule has 0 unspecified atom stereocenters. The Morgan fingerprint density at radius 1 is 1.32 bits per heavy atom. The SMILES string of the molecule is CCn1c(COc2ccc(Cl)c(C)c2)nnc1SCC(=O)NC1CCCCC1. The lowest BCUT2D eigenvalue weighted by molar-refractivity contribution is -0.119. The Morgan fingerprint density at radius 2 is 2.11 bits per heavy atom. The average Bonchev–Trinajstić information content (AvgIpc) is 3.10. The van der Waals surface area contributed by atoms with Crippen LogP contribution >= 0.6 is 23.4 Å². The van der Waals surface area contributed by atoms with E-state index in [2.05, 4.69) is 15.5 Å². The molecule has 3 rings (SSSR count). The highest BCUT2D eigenvalue weighted by Crippen LogP contribution is 2.23. The Morgan fingerprint density at radius 3 is 2.82 bits per heavy atom. The normalized spacial score (nSPS) is 14.8. The first kappa shape index (κ1) is 21.0. The second-order valence-electron chi connectivity index (χ2n) is 7.03. The van der Waals surface area contributed by atoms with Gasteiger partial charge >= 0.3 is 0 Å². The molecule has 1 N–H and O–H groups in total. The van der Waals surface area contributed by atoms with E-state index < -0.39 is 0 Å². The van der Waals surface area contributed by atoms with E-state index in [-0.39, 0.29) is 5.91 Å². The third kappa shape index (κ3) is 5.64. The molecule has 1 fully saturated rings. The van der Waals surface area contributed by atoms with Crippen molar-refractivity contribution in [1.82, 2.24) is 20.1 Å². The maximum absolute atomic E-state index is 12.2. The molecule has 0 radical (unpaired) electrons. The number of hydrogen-bond donors (Lipinski definition) is 1. The average molecular weight is 423 g/mol. The van der Waals surface area contributed by atoms with Crippen molar-refractivity contribution in [3.8, 4) is 5.75 Å². The van der Waals surface area contributed by atoms with Gasteiger partial charge in [0.05, 0.1) is 5.75 Å². The summed E-state index contributed by atoms with van der Waals surface area (Å²) < 4.78 is 7.83. The number of aryl methyl sites for hydroxylation is 1. The highest BCUT2D eigenvalue weighted by Gasteiger charge is 2.17. The number of nitrogens with one attached hydrogen (secondary N) is 1. The number of amides is 1. The summed E-state index contributed by atoms with van der Waals surface area (Å²) in [4.78, 5) is 12.2. The van der Waals surface area contributed by atoms with Gasteiger partial charge in [0.2, 0.25) is 5.91 Å². The van der Waals surface area contributed by atoms with Crippen molar-refractivity contribution in [3.63, 3.8) is 0 Å². The van der Waals surface area contributed by atoms with Crippen molar-refractivity contribution in [3.05, 3.63) is 34.6 Å². The predicted molar refractivity (Wildman–Crippen MR) is 112 cm³/mol. The molecule has 0 bridgehead atoms. The van der Waals surface area contributed by atoms with E-state index in [1.54, 1.807) is 0 Å². The maximum atomic E-state index is 12.2. The molecule has 1 heterocycles. The van der Waals surface area contributed by atoms with Crippen LogP contribution in [0.1, 0.15) is 50.4 Å². The number of carbonyl (C=O) groups excluding carboxylic acids is 1. The smallest absolute Gasteiger partial charge is 0.230 e. The molecule has 0 saturated heterocycles. The molecular weight excluding hydrogens is 396 g/mol. The van der Waals surface area contributed by atoms with Crippen LogP contribution in [0.2, 0.25) is 5.02 Å². The molecule has 1 amide bonds. The molecule has 6 nitrogen and oxygen atoms in total. The van der Waals surface area contributed by atoms with Crippen molar-refractivity contribution in [1.29, 1.82) is 0 Å². The summed E-state index contributed by atoms with van der Waals surface area (Å²) in [5.74, 6) is 1.90. The third-order valence-electron chi connectivity index (χ3n) is 4.91. The lowest BCUT2D eigenvalue weighted by atomic mass is 9.95. The maximum Gasteiger partial charge on any atom is 0.230 e. The van der Waals surface area contributed by atoms with Crippen LogP contribution in [0.4, 0.5) is 0 Å². The summed E-state index contributed by atoms with van der Waals surface area (Å²) in [5, 5.41) is 13.1. The van der Waals surface area contributed by atoms with E-state index in [4.69, 9.17) is 16.3 Å². The predicted octanol–water partition coefficient (Wildman–Crippen LogP) is 4.38. The highest BCUT2D eigenvalue weighted by molar-refractivity contribution is 7.99. The summed E-state index contributed by atoms with van der Waals surface area (Å²) in [6.45, 7) is 5.01. The van der Waals surface area contributed by atoms with Crippen molar-refractivity contribution >= 4 is 29.3 Å². The molecule has 2 aromatic rings. The topological polar surface area (TPSA) is 69.0 Å². The van der Waals surface area contributed by atoms with Gasteiger partial charge in [-0.05, 0) is 50.5 Å². The molecule has 152 valence electrons. The minimum absolute atomic E-state index is 0.0667. The summed E-state index contributed by atoms with van der Waals surface area (Å²) >= 11 is 7.47. The quantitative estimate of drug-likeness (QED) is 0.639. The van der Waals surface area contributed by atoms with Gasteiger partial charge in [-0.2, -0.15) is 0 Å². The number of nitrogens with zero attached hydrogens (tertiary/aromatic N) is 3. The molecule has 28 heavy (non-hydrogen) atoms. The first-order chi connectivity index (χ1) is 13.6. The molecule has 1 aliphatic rings. The number of aromatic nitrogens is 3. The van der Waals surface area contributed by atoms with Crippen LogP contribution in [0.15, 0.2) is 23.4 Å². The van der Waals surface area contributed by atoms with Crippen LogP contribution in [-0.4, -0.2) is 32.5 Å². The number of benzene rings is 1. The second-order valence-corrected chi connectivity index (χ2v) is 8.38. The standard InChI is InChI=1S/C20H27ClN4O2S/c1-3-25-18(12-27-16-9-10-17(21)14(2)11-16)23-24-20(25)28-13-19(26)22-15-7-5-4-6-8-15/h9-11,15H,3-8,12-13H2,1-2H3,(H,22,26). The van der Waals surface area contributed by atoms with Gasteiger partial charge in [-0.15, -0.1) is 10.2 Å². The number of carbonyl (C=O) groups is 1. The number of ether oxygens (including phenoxy) is 1. The van der Waals surface area contributed by atoms with Gasteiger partial charge in [0.1, 0.15) is 12.4 Å². The Kier molecular flexibility index (Phi) is 7.62. The summed E-state index contributed by atoms with van der Waals surface area (Å²) in [5.41, 5.74) is 0.969. The van der Waals surface area contributed by atoms with Gasteiger partial charge in [-0.25, -0.2) is 0 Å². The molecule has 0 atom stereocenters. The minimum atomic E-state index is 0.0667. The fourth-order valence-corrected chi connectivity index (χ4v) is 4.30. The molecule has 0 spiro atoms. The van der Waals surface area contributed by atoms with Gasteiger partial charge in [0, 0.05) is 17.6 Å². The van der Waals surface area contributed by atoms with Crippen molar-refractivity contribution < 1.29 is 9.53 Å². The van der Waals surface area contributed by atoms with Gasteiger partial charge in [0.15, 0.2) is 11.0 Å². The van der Waals surface area contributed by atoms with Crippen LogP contribution in [0, 0.1) is 6.92 Å². The molecule has 8 heteroatoms. The lowest BCUT2D eigenvalue weighted by Crippen LogP contribution is -2.37. The van der Waals surface area contributed by atoms with Crippen molar-refractivity contribution in [2.45, 2.75) is 70.3 Å². The van der Waals surface area contributed by atoms with Crippen LogP contribution in [0.3, 0.4) is 0 Å². The molecule has 1 aromatic carbocycles. The van der Waals surface area contributed by atoms with Gasteiger partial charge in [-0.3, -0.25) is 4.79 Å².